The number of nitrogens with zero attached hydrogens (tertiary/aromatic N) is 1. The summed E-state index contributed by atoms with van der Waals surface area (Å²) in [6.45, 7) is 0. The first kappa shape index (κ1) is 13.8. The highest BCUT2D eigenvalue weighted by Gasteiger charge is 2.12. The molecule has 2 heterocycles. The van der Waals surface area contributed by atoms with Gasteiger partial charge >= 0.3 is 0 Å². The van der Waals surface area contributed by atoms with E-state index in [1.807, 2.05) is 6.07 Å². The predicted molar refractivity (Wildman–Crippen MR) is 81.2 cm³/mol. The van der Waals surface area contributed by atoms with E-state index in [0.29, 0.717) is 16.8 Å². The van der Waals surface area contributed by atoms with Gasteiger partial charge in [-0.05, 0) is 35.9 Å². The summed E-state index contributed by atoms with van der Waals surface area (Å²) < 4.78 is 13.5. The van der Waals surface area contributed by atoms with Crippen LogP contribution in [0, 0.1) is 5.82 Å². The van der Waals surface area contributed by atoms with Crippen molar-refractivity contribution in [3.8, 4) is 5.75 Å². The maximum Gasteiger partial charge on any atom is 0.249 e. The van der Waals surface area contributed by atoms with Gasteiger partial charge in [-0.1, -0.05) is 6.07 Å². The quantitative estimate of drug-likeness (QED) is 0.648. The number of nitrogens with two attached hydrogens (primary N) is 1. The molecule has 0 saturated carbocycles. The van der Waals surface area contributed by atoms with Gasteiger partial charge in [-0.3, -0.25) is 4.79 Å². The van der Waals surface area contributed by atoms with Crippen LogP contribution in [0.25, 0.3) is 22.7 Å². The molecule has 2 aromatic heterocycles. The minimum Gasteiger partial charge on any atom is -0.505 e. The number of hydrogen-bond acceptors (Lipinski definition) is 3. The van der Waals surface area contributed by atoms with Crippen molar-refractivity contribution in [1.29, 1.82) is 0 Å². The van der Waals surface area contributed by atoms with Crippen molar-refractivity contribution in [3.05, 3.63) is 59.7 Å². The number of fused-ring (bicyclic) bond motifs is 1. The number of carbonyl (C=O) groups is 1. The summed E-state index contributed by atoms with van der Waals surface area (Å²) in [6.07, 6.45) is 4.91. The zero-order valence-corrected chi connectivity index (χ0v) is 11.4. The van der Waals surface area contributed by atoms with E-state index in [-0.39, 0.29) is 5.57 Å². The zero-order valence-electron chi connectivity index (χ0n) is 11.4. The van der Waals surface area contributed by atoms with E-state index >= 15 is 0 Å². The molecule has 110 valence electrons. The lowest BCUT2D eigenvalue weighted by molar-refractivity contribution is -0.112. The minimum absolute atomic E-state index is 0.142. The molecule has 4 N–H and O–H groups in total. The third-order valence-electron chi connectivity index (χ3n) is 3.31. The van der Waals surface area contributed by atoms with Crippen LogP contribution >= 0.6 is 0 Å². The molecule has 0 aliphatic rings. The fourth-order valence-corrected chi connectivity index (χ4v) is 2.22. The summed E-state index contributed by atoms with van der Waals surface area (Å²) in [7, 11) is 0. The van der Waals surface area contributed by atoms with E-state index in [1.165, 1.54) is 12.1 Å². The van der Waals surface area contributed by atoms with Crippen LogP contribution in [-0.2, 0) is 4.79 Å². The molecular formula is C16H12FN3O2. The highest BCUT2D eigenvalue weighted by molar-refractivity contribution is 6.24. The van der Waals surface area contributed by atoms with Gasteiger partial charge in [0.2, 0.25) is 5.91 Å². The Bertz CT molecular complexity index is 899. The number of amides is 1. The molecule has 0 atom stereocenters. The lowest BCUT2D eigenvalue weighted by Crippen LogP contribution is -2.13. The first-order valence-corrected chi connectivity index (χ1v) is 6.49. The first-order chi connectivity index (χ1) is 10.6. The first-order valence-electron chi connectivity index (χ1n) is 6.49. The smallest absolute Gasteiger partial charge is 0.249 e. The monoisotopic (exact) mass is 297 g/mol. The number of aromatic nitrogens is 2. The minimum atomic E-state index is -0.815. The molecule has 0 saturated heterocycles. The van der Waals surface area contributed by atoms with Crippen LogP contribution < -0.4 is 5.73 Å². The number of pyridine rings is 1. The second-order valence-corrected chi connectivity index (χ2v) is 4.73. The van der Waals surface area contributed by atoms with E-state index in [9.17, 15) is 14.3 Å². The molecule has 5 nitrogen and oxygen atoms in total. The fraction of sp³-hybridized carbons (Fsp3) is 0. The Hall–Kier alpha value is -3.15. The van der Waals surface area contributed by atoms with Gasteiger partial charge in [-0.2, -0.15) is 0 Å². The van der Waals surface area contributed by atoms with Gasteiger partial charge in [0.25, 0.3) is 0 Å². The van der Waals surface area contributed by atoms with Gasteiger partial charge in [0.1, 0.15) is 5.65 Å². The average Bonchev–Trinajstić information content (AvgIpc) is 2.91. The van der Waals surface area contributed by atoms with Crippen LogP contribution in [-0.4, -0.2) is 21.0 Å². The van der Waals surface area contributed by atoms with Crippen molar-refractivity contribution in [2.24, 2.45) is 5.73 Å². The van der Waals surface area contributed by atoms with E-state index in [2.05, 4.69) is 9.97 Å². The molecule has 6 heteroatoms. The Labute approximate surface area is 124 Å². The molecule has 3 aromatic rings. The number of primary amides is 1. The molecule has 0 spiro atoms. The van der Waals surface area contributed by atoms with Gasteiger partial charge in [0.05, 0.1) is 0 Å². The summed E-state index contributed by atoms with van der Waals surface area (Å²) in [5.74, 6) is -1.99. The molecule has 0 aliphatic heterocycles. The summed E-state index contributed by atoms with van der Waals surface area (Å²) in [4.78, 5) is 18.8. The van der Waals surface area contributed by atoms with Gasteiger partial charge < -0.3 is 15.8 Å². The Kier molecular flexibility index (Phi) is 3.34. The molecule has 1 aromatic carbocycles. The fourth-order valence-electron chi connectivity index (χ4n) is 2.22. The Morgan fingerprint density at radius 1 is 1.36 bits per heavy atom. The number of phenolic OH excluding ortho intramolecular Hbond substituents is 1. The molecular weight excluding hydrogens is 285 g/mol. The number of nitrogens with one attached hydrogen (secondary N) is 1. The number of halogens is 1. The van der Waals surface area contributed by atoms with Gasteiger partial charge in [0, 0.05) is 28.9 Å². The Balaban J connectivity index is 2.15. The highest BCUT2D eigenvalue weighted by Crippen LogP contribution is 2.25. The number of phenols is 1. The number of aromatic amines is 1. The van der Waals surface area contributed by atoms with Crippen LogP contribution in [0.15, 0.2) is 42.7 Å². The summed E-state index contributed by atoms with van der Waals surface area (Å²) in [5, 5.41) is 10.1. The van der Waals surface area contributed by atoms with Crippen LogP contribution in [0.1, 0.15) is 11.1 Å². The lowest BCUT2D eigenvalue weighted by Gasteiger charge is -2.05. The molecule has 1 amide bonds. The standard InChI is InChI=1S/C16H12FN3O2/c17-13-7-9(3-4-14(13)21)12(15(18)22)6-10-8-20-16-11(10)2-1-5-19-16/h1-8,21H,(H2,18,22)(H,19,20)/b12-6-. The largest absolute Gasteiger partial charge is 0.505 e. The van der Waals surface area contributed by atoms with Crippen molar-refractivity contribution in [2.75, 3.05) is 0 Å². The number of H-pyrrole nitrogens is 1. The SMILES string of the molecule is NC(=O)/C(=C\c1c[nH]c2ncccc12)c1ccc(O)c(F)c1. The number of carbonyl (C=O) groups excluding carboxylic acids is 1. The zero-order chi connectivity index (χ0) is 15.7. The van der Waals surface area contributed by atoms with E-state index in [4.69, 9.17) is 5.73 Å². The average molecular weight is 297 g/mol. The maximum atomic E-state index is 13.5. The number of benzene rings is 1. The molecule has 3 rings (SSSR count). The van der Waals surface area contributed by atoms with Crippen LogP contribution in [0.2, 0.25) is 0 Å². The third kappa shape index (κ3) is 2.42. The van der Waals surface area contributed by atoms with Crippen LogP contribution in [0.3, 0.4) is 0 Å². The molecule has 0 bridgehead atoms. The predicted octanol–water partition coefficient (Wildman–Crippen LogP) is 2.43. The van der Waals surface area contributed by atoms with Crippen molar-refractivity contribution < 1.29 is 14.3 Å². The van der Waals surface area contributed by atoms with Crippen LogP contribution in [0.4, 0.5) is 4.39 Å². The second kappa shape index (κ2) is 5.33. The van der Waals surface area contributed by atoms with E-state index < -0.39 is 17.5 Å². The molecule has 0 fully saturated rings. The van der Waals surface area contributed by atoms with Crippen LogP contribution in [0.5, 0.6) is 5.75 Å². The summed E-state index contributed by atoms with van der Waals surface area (Å²) in [5.41, 5.74) is 7.22. The maximum absolute atomic E-state index is 13.5. The molecule has 0 radical (unpaired) electrons. The highest BCUT2D eigenvalue weighted by atomic mass is 19.1. The number of hydrogen-bond donors (Lipinski definition) is 3. The Morgan fingerprint density at radius 3 is 2.91 bits per heavy atom. The summed E-state index contributed by atoms with van der Waals surface area (Å²) in [6, 6.07) is 7.30. The number of aromatic hydroxyl groups is 1. The summed E-state index contributed by atoms with van der Waals surface area (Å²) >= 11 is 0. The van der Waals surface area contributed by atoms with E-state index in [0.717, 1.165) is 11.5 Å². The topological polar surface area (TPSA) is 92.0 Å². The number of rotatable bonds is 3. The van der Waals surface area contributed by atoms with Crippen molar-refractivity contribution in [1.82, 2.24) is 9.97 Å². The van der Waals surface area contributed by atoms with E-state index in [1.54, 1.807) is 24.5 Å². The normalized spacial score (nSPS) is 11.8. The van der Waals surface area contributed by atoms with Gasteiger partial charge in [0.15, 0.2) is 11.6 Å². The molecule has 22 heavy (non-hydrogen) atoms. The van der Waals surface area contributed by atoms with Gasteiger partial charge in [-0.15, -0.1) is 0 Å². The van der Waals surface area contributed by atoms with Crippen molar-refractivity contribution in [2.45, 2.75) is 0 Å². The molecule has 0 unspecified atom stereocenters. The molecule has 0 aliphatic carbocycles. The van der Waals surface area contributed by atoms with Crippen molar-refractivity contribution >= 4 is 28.6 Å². The van der Waals surface area contributed by atoms with Gasteiger partial charge in [-0.25, -0.2) is 9.37 Å². The second-order valence-electron chi connectivity index (χ2n) is 4.73. The third-order valence-corrected chi connectivity index (χ3v) is 3.31. The lowest BCUT2D eigenvalue weighted by atomic mass is 10.0. The Morgan fingerprint density at radius 2 is 2.18 bits per heavy atom. The van der Waals surface area contributed by atoms with Crippen molar-refractivity contribution in [3.63, 3.8) is 0 Å².